The van der Waals surface area contributed by atoms with Crippen molar-refractivity contribution in [3.63, 3.8) is 0 Å². The molecule has 1 amide bonds. The summed E-state index contributed by atoms with van der Waals surface area (Å²) >= 11 is 0. The van der Waals surface area contributed by atoms with Gasteiger partial charge in [0.1, 0.15) is 5.60 Å². The Hall–Kier alpha value is -0.930. The zero-order valence-electron chi connectivity index (χ0n) is 17.8. The van der Waals surface area contributed by atoms with E-state index in [4.69, 9.17) is 10.5 Å². The van der Waals surface area contributed by atoms with Crippen LogP contribution in [-0.2, 0) is 4.74 Å². The predicted molar refractivity (Wildman–Crippen MR) is 111 cm³/mol. The molecule has 0 saturated heterocycles. The molecular formula is C19H43N5O3. The number of carbonyl (C=O) groups excluding carboxylic acids is 1. The number of carbonyl (C=O) groups is 1. The van der Waals surface area contributed by atoms with Crippen molar-refractivity contribution in [3.05, 3.63) is 0 Å². The molecule has 0 rings (SSSR count). The van der Waals surface area contributed by atoms with Crippen LogP contribution in [0.3, 0.4) is 0 Å². The summed E-state index contributed by atoms with van der Waals surface area (Å²) in [6.45, 7) is 13.2. The molecule has 0 saturated carbocycles. The van der Waals surface area contributed by atoms with Crippen LogP contribution in [0.25, 0.3) is 0 Å². The Balaban J connectivity index is 3.61. The van der Waals surface area contributed by atoms with E-state index in [2.05, 4.69) is 21.3 Å². The summed E-state index contributed by atoms with van der Waals surface area (Å²) in [4.78, 5) is 11.8. The van der Waals surface area contributed by atoms with Crippen molar-refractivity contribution in [2.24, 2.45) is 5.73 Å². The fraction of sp³-hybridized carbons (Fsp3) is 0.947. The Bertz CT molecular complexity index is 362. The molecule has 0 aromatic rings. The highest BCUT2D eigenvalue weighted by molar-refractivity contribution is 5.68. The summed E-state index contributed by atoms with van der Waals surface area (Å²) in [7, 11) is 0. The van der Waals surface area contributed by atoms with Gasteiger partial charge in [-0.1, -0.05) is 0 Å². The van der Waals surface area contributed by atoms with E-state index in [0.29, 0.717) is 6.54 Å². The molecule has 8 nitrogen and oxygen atoms in total. The minimum absolute atomic E-state index is 0.375. The van der Waals surface area contributed by atoms with Gasteiger partial charge in [-0.05, 0) is 92.6 Å². The van der Waals surface area contributed by atoms with E-state index in [1.807, 2.05) is 20.8 Å². The molecule has 0 unspecified atom stereocenters. The molecule has 2 atom stereocenters. The van der Waals surface area contributed by atoms with Gasteiger partial charge in [0.25, 0.3) is 0 Å². The van der Waals surface area contributed by atoms with Crippen molar-refractivity contribution < 1.29 is 14.6 Å². The normalized spacial score (nSPS) is 14.0. The van der Waals surface area contributed by atoms with Gasteiger partial charge in [0.2, 0.25) is 0 Å². The van der Waals surface area contributed by atoms with E-state index in [1.54, 1.807) is 6.92 Å². The van der Waals surface area contributed by atoms with Crippen LogP contribution < -0.4 is 27.0 Å². The lowest BCUT2D eigenvalue weighted by Crippen LogP contribution is -2.49. The molecule has 0 aliphatic heterocycles. The van der Waals surface area contributed by atoms with Crippen LogP contribution in [-0.4, -0.2) is 74.8 Å². The smallest absolute Gasteiger partial charge is 0.408 e. The van der Waals surface area contributed by atoms with Gasteiger partial charge in [0, 0.05) is 6.54 Å². The van der Waals surface area contributed by atoms with E-state index in [9.17, 15) is 9.90 Å². The molecule has 162 valence electrons. The van der Waals surface area contributed by atoms with Crippen molar-refractivity contribution in [2.75, 3.05) is 45.8 Å². The lowest BCUT2D eigenvalue weighted by molar-refractivity contribution is 0.0437. The van der Waals surface area contributed by atoms with Crippen LogP contribution in [0, 0.1) is 0 Å². The molecule has 0 aromatic heterocycles. The SMILES string of the molecule is C[C@H](O)[C@@H](CNCCCNCCCCNCCCN)NC(=O)OC(C)(C)C. The number of nitrogens with two attached hydrogens (primary N) is 1. The third kappa shape index (κ3) is 18.2. The van der Waals surface area contributed by atoms with Gasteiger partial charge in [-0.25, -0.2) is 4.79 Å². The fourth-order valence-corrected chi connectivity index (χ4v) is 2.37. The second kappa shape index (κ2) is 16.1. The van der Waals surface area contributed by atoms with E-state index in [0.717, 1.165) is 58.5 Å². The molecule has 0 aliphatic rings. The second-order valence-electron chi connectivity index (χ2n) is 7.90. The quantitative estimate of drug-likeness (QED) is 0.213. The van der Waals surface area contributed by atoms with E-state index in [-0.39, 0.29) is 6.04 Å². The van der Waals surface area contributed by atoms with Gasteiger partial charge < -0.3 is 36.8 Å². The van der Waals surface area contributed by atoms with Crippen LogP contribution in [0.4, 0.5) is 4.79 Å². The molecule has 0 spiro atoms. The van der Waals surface area contributed by atoms with Gasteiger partial charge in [0.15, 0.2) is 0 Å². The Morgan fingerprint density at radius 3 is 2.00 bits per heavy atom. The maximum absolute atomic E-state index is 11.8. The third-order valence-electron chi connectivity index (χ3n) is 3.87. The Morgan fingerprint density at radius 2 is 1.48 bits per heavy atom. The number of unbranched alkanes of at least 4 members (excludes halogenated alkanes) is 1. The zero-order chi connectivity index (χ0) is 20.5. The molecule has 7 N–H and O–H groups in total. The average molecular weight is 390 g/mol. The molecule has 0 aromatic carbocycles. The van der Waals surface area contributed by atoms with Gasteiger partial charge in [0.05, 0.1) is 12.1 Å². The van der Waals surface area contributed by atoms with E-state index < -0.39 is 17.8 Å². The van der Waals surface area contributed by atoms with Crippen molar-refractivity contribution >= 4 is 6.09 Å². The number of alkyl carbamates (subject to hydrolysis) is 1. The summed E-state index contributed by atoms with van der Waals surface area (Å²) in [5, 5.41) is 22.6. The number of aliphatic hydroxyl groups is 1. The minimum Gasteiger partial charge on any atom is -0.444 e. The first-order chi connectivity index (χ1) is 12.8. The van der Waals surface area contributed by atoms with Crippen molar-refractivity contribution in [1.29, 1.82) is 0 Å². The number of amides is 1. The monoisotopic (exact) mass is 389 g/mol. The first kappa shape index (κ1) is 26.1. The summed E-state index contributed by atoms with van der Waals surface area (Å²) in [5.74, 6) is 0. The lowest BCUT2D eigenvalue weighted by Gasteiger charge is -2.25. The number of nitrogens with one attached hydrogen (secondary N) is 4. The van der Waals surface area contributed by atoms with E-state index >= 15 is 0 Å². The van der Waals surface area contributed by atoms with Crippen LogP contribution in [0.2, 0.25) is 0 Å². The Morgan fingerprint density at radius 1 is 0.963 bits per heavy atom. The predicted octanol–water partition coefficient (Wildman–Crippen LogP) is 0.548. The summed E-state index contributed by atoms with van der Waals surface area (Å²) in [5.41, 5.74) is 4.89. The fourth-order valence-electron chi connectivity index (χ4n) is 2.37. The van der Waals surface area contributed by atoms with Gasteiger partial charge in [-0.3, -0.25) is 0 Å². The highest BCUT2D eigenvalue weighted by atomic mass is 16.6. The maximum atomic E-state index is 11.8. The van der Waals surface area contributed by atoms with Crippen molar-refractivity contribution in [2.45, 2.75) is 71.1 Å². The first-order valence-corrected chi connectivity index (χ1v) is 10.3. The topological polar surface area (TPSA) is 121 Å². The van der Waals surface area contributed by atoms with E-state index in [1.165, 1.54) is 6.42 Å². The molecule has 0 heterocycles. The zero-order valence-corrected chi connectivity index (χ0v) is 17.8. The van der Waals surface area contributed by atoms with Crippen molar-refractivity contribution in [3.8, 4) is 0 Å². The maximum Gasteiger partial charge on any atom is 0.408 e. The third-order valence-corrected chi connectivity index (χ3v) is 3.87. The number of hydrogen-bond donors (Lipinski definition) is 6. The Kier molecular flexibility index (Phi) is 15.5. The molecule has 0 fully saturated rings. The summed E-state index contributed by atoms with van der Waals surface area (Å²) < 4.78 is 5.23. The van der Waals surface area contributed by atoms with Crippen molar-refractivity contribution in [1.82, 2.24) is 21.3 Å². The highest BCUT2D eigenvalue weighted by Crippen LogP contribution is 2.07. The number of ether oxygens (including phenoxy) is 1. The summed E-state index contributed by atoms with van der Waals surface area (Å²) in [6.07, 6.45) is 3.20. The first-order valence-electron chi connectivity index (χ1n) is 10.3. The lowest BCUT2D eigenvalue weighted by atomic mass is 10.2. The molecule has 8 heteroatoms. The molecule has 0 radical (unpaired) electrons. The number of hydrogen-bond acceptors (Lipinski definition) is 7. The van der Waals surface area contributed by atoms with Gasteiger partial charge >= 0.3 is 6.09 Å². The molecule has 27 heavy (non-hydrogen) atoms. The summed E-state index contributed by atoms with van der Waals surface area (Å²) in [6, 6.07) is -0.375. The highest BCUT2D eigenvalue weighted by Gasteiger charge is 2.21. The van der Waals surface area contributed by atoms with Crippen LogP contribution in [0.1, 0.15) is 53.4 Å². The van der Waals surface area contributed by atoms with Crippen LogP contribution >= 0.6 is 0 Å². The number of rotatable bonds is 16. The van der Waals surface area contributed by atoms with Crippen LogP contribution in [0.15, 0.2) is 0 Å². The van der Waals surface area contributed by atoms with Crippen LogP contribution in [0.5, 0.6) is 0 Å². The minimum atomic E-state index is -0.651. The average Bonchev–Trinajstić information content (AvgIpc) is 2.56. The molecule has 0 aliphatic carbocycles. The molecular weight excluding hydrogens is 346 g/mol. The second-order valence-corrected chi connectivity index (χ2v) is 7.90. The van der Waals surface area contributed by atoms with Gasteiger partial charge in [-0.15, -0.1) is 0 Å². The van der Waals surface area contributed by atoms with Gasteiger partial charge in [-0.2, -0.15) is 0 Å². The largest absolute Gasteiger partial charge is 0.444 e. The Labute approximate surface area is 165 Å². The standard InChI is InChI=1S/C19H43N5O3/c1-16(25)17(24-18(26)27-19(2,3)4)15-23-14-8-13-22-11-6-5-10-21-12-7-9-20/h16-17,21-23,25H,5-15,20H2,1-4H3,(H,24,26)/t16-,17+/m0/s1. The molecule has 0 bridgehead atoms. The number of aliphatic hydroxyl groups excluding tert-OH is 1.